The maximum atomic E-state index is 11.2. The maximum absolute atomic E-state index is 11.2. The number of carboxylic acids is 1. The van der Waals surface area contributed by atoms with Gasteiger partial charge < -0.3 is 20.9 Å². The number of halogens is 1. The van der Waals surface area contributed by atoms with Gasteiger partial charge in [0.2, 0.25) is 0 Å². The smallest absolute Gasteiger partial charge is 0.407 e. The third-order valence-corrected chi connectivity index (χ3v) is 2.00. The zero-order valence-corrected chi connectivity index (χ0v) is 10.4. The lowest BCUT2D eigenvalue weighted by Crippen LogP contribution is -2.42. The van der Waals surface area contributed by atoms with Crippen LogP contribution < -0.4 is 11.1 Å². The highest BCUT2D eigenvalue weighted by Gasteiger charge is 2.12. The van der Waals surface area contributed by atoms with Gasteiger partial charge in [0.25, 0.3) is 0 Å². The molecule has 6 nitrogen and oxygen atoms in total. The number of carbonyl (C=O) groups is 2. The van der Waals surface area contributed by atoms with E-state index in [0.717, 1.165) is 5.56 Å². The van der Waals surface area contributed by atoms with Gasteiger partial charge in [-0.1, -0.05) is 30.3 Å². The minimum atomic E-state index is -1.17. The van der Waals surface area contributed by atoms with Crippen LogP contribution in [0.3, 0.4) is 0 Å². The molecule has 0 aliphatic rings. The molecule has 0 saturated carbocycles. The van der Waals surface area contributed by atoms with Crippen LogP contribution in [0.2, 0.25) is 0 Å². The van der Waals surface area contributed by atoms with Crippen molar-refractivity contribution in [3.63, 3.8) is 0 Å². The average Bonchev–Trinajstić information content (AvgIpc) is 2.34. The number of hydrogen-bond donors (Lipinski definition) is 3. The van der Waals surface area contributed by atoms with Crippen LogP contribution in [0, 0.1) is 0 Å². The summed E-state index contributed by atoms with van der Waals surface area (Å²) in [5.41, 5.74) is 6.05. The maximum Gasteiger partial charge on any atom is 0.407 e. The second-order valence-corrected chi connectivity index (χ2v) is 3.39. The summed E-state index contributed by atoms with van der Waals surface area (Å²) >= 11 is 0. The Morgan fingerprint density at radius 2 is 1.94 bits per heavy atom. The van der Waals surface area contributed by atoms with E-state index in [-0.39, 0.29) is 25.6 Å². The monoisotopic (exact) mass is 274 g/mol. The van der Waals surface area contributed by atoms with E-state index in [0.29, 0.717) is 0 Å². The summed E-state index contributed by atoms with van der Waals surface area (Å²) < 4.78 is 4.86. The molecular formula is C11H15ClN2O4. The Hall–Kier alpha value is -1.79. The number of hydrogen-bond acceptors (Lipinski definition) is 4. The van der Waals surface area contributed by atoms with Gasteiger partial charge in [-0.3, -0.25) is 4.79 Å². The number of benzene rings is 1. The van der Waals surface area contributed by atoms with Gasteiger partial charge in [-0.05, 0) is 5.56 Å². The highest BCUT2D eigenvalue weighted by Crippen LogP contribution is 2.00. The van der Waals surface area contributed by atoms with Crippen LogP contribution in [0.25, 0.3) is 0 Å². The molecule has 7 heteroatoms. The van der Waals surface area contributed by atoms with E-state index in [1.807, 2.05) is 30.3 Å². The Labute approximate surface area is 111 Å². The zero-order valence-electron chi connectivity index (χ0n) is 9.54. The largest absolute Gasteiger partial charge is 0.480 e. The first-order valence-corrected chi connectivity index (χ1v) is 5.02. The van der Waals surface area contributed by atoms with E-state index in [1.54, 1.807) is 0 Å². The Morgan fingerprint density at radius 1 is 1.33 bits per heavy atom. The molecule has 1 amide bonds. The number of nitrogens with one attached hydrogen (secondary N) is 1. The quantitative estimate of drug-likeness (QED) is 0.735. The first-order valence-electron chi connectivity index (χ1n) is 5.02. The van der Waals surface area contributed by atoms with E-state index >= 15 is 0 Å². The number of rotatable bonds is 5. The molecule has 0 heterocycles. The Bertz CT molecular complexity index is 386. The second kappa shape index (κ2) is 8.32. The summed E-state index contributed by atoms with van der Waals surface area (Å²) in [5, 5.41) is 10.8. The van der Waals surface area contributed by atoms with Crippen molar-refractivity contribution in [1.29, 1.82) is 0 Å². The van der Waals surface area contributed by atoms with Gasteiger partial charge in [0, 0.05) is 6.54 Å². The van der Waals surface area contributed by atoms with Crippen LogP contribution in [-0.4, -0.2) is 29.8 Å². The highest BCUT2D eigenvalue weighted by atomic mass is 35.5. The van der Waals surface area contributed by atoms with Crippen LogP contribution in [0.15, 0.2) is 30.3 Å². The van der Waals surface area contributed by atoms with Crippen molar-refractivity contribution >= 4 is 24.5 Å². The van der Waals surface area contributed by atoms with Crippen LogP contribution in [0.4, 0.5) is 4.79 Å². The molecule has 0 aliphatic heterocycles. The average molecular weight is 275 g/mol. The fourth-order valence-corrected chi connectivity index (χ4v) is 1.05. The third kappa shape index (κ3) is 6.07. The van der Waals surface area contributed by atoms with Crippen LogP contribution in [0.5, 0.6) is 0 Å². The molecule has 0 aromatic heterocycles. The molecule has 0 unspecified atom stereocenters. The second-order valence-electron chi connectivity index (χ2n) is 3.39. The Morgan fingerprint density at radius 3 is 2.50 bits per heavy atom. The summed E-state index contributed by atoms with van der Waals surface area (Å²) in [6.45, 7) is -0.0298. The number of carboxylic acid groups (broad SMARTS) is 1. The van der Waals surface area contributed by atoms with Crippen molar-refractivity contribution in [2.45, 2.75) is 12.6 Å². The molecule has 100 valence electrons. The number of carbonyl (C=O) groups excluding carboxylic acids is 1. The molecule has 1 aromatic rings. The predicted octanol–water partition coefficient (Wildman–Crippen LogP) is 0.746. The minimum absolute atomic E-state index is 0. The summed E-state index contributed by atoms with van der Waals surface area (Å²) in [4.78, 5) is 21.5. The number of nitrogens with two attached hydrogens (primary N) is 1. The first-order chi connectivity index (χ1) is 8.09. The standard InChI is InChI=1S/C11H14N2O4.ClH/c12-9(10(14)15)6-13-11(16)17-7-8-4-2-1-3-5-8;/h1-5,9H,6-7,12H2,(H,13,16)(H,14,15);1H/t9-;/m0./s1. The van der Waals surface area contributed by atoms with Gasteiger partial charge in [-0.15, -0.1) is 12.4 Å². The molecule has 0 fully saturated rings. The summed E-state index contributed by atoms with van der Waals surface area (Å²) in [5.74, 6) is -1.17. The van der Waals surface area contributed by atoms with Gasteiger partial charge in [0.15, 0.2) is 0 Å². The number of alkyl carbamates (subject to hydrolysis) is 1. The van der Waals surface area contributed by atoms with Gasteiger partial charge in [-0.25, -0.2) is 4.79 Å². The number of amides is 1. The Kier molecular flexibility index (Phi) is 7.50. The van der Waals surface area contributed by atoms with Crippen LogP contribution in [0.1, 0.15) is 5.56 Å². The van der Waals surface area contributed by atoms with Crippen molar-refractivity contribution in [2.24, 2.45) is 5.73 Å². The molecule has 0 radical (unpaired) electrons. The molecule has 0 spiro atoms. The Balaban J connectivity index is 0.00000289. The fraction of sp³-hybridized carbons (Fsp3) is 0.273. The van der Waals surface area contributed by atoms with Crippen LogP contribution in [-0.2, 0) is 16.1 Å². The third-order valence-electron chi connectivity index (χ3n) is 2.00. The summed E-state index contributed by atoms with van der Waals surface area (Å²) in [7, 11) is 0. The predicted molar refractivity (Wildman–Crippen MR) is 67.5 cm³/mol. The lowest BCUT2D eigenvalue weighted by atomic mass is 10.2. The van der Waals surface area contributed by atoms with Crippen molar-refractivity contribution in [3.05, 3.63) is 35.9 Å². The lowest BCUT2D eigenvalue weighted by Gasteiger charge is -2.09. The molecule has 0 aliphatic carbocycles. The minimum Gasteiger partial charge on any atom is -0.480 e. The van der Waals surface area contributed by atoms with Crippen molar-refractivity contribution < 1.29 is 19.4 Å². The van der Waals surface area contributed by atoms with E-state index in [2.05, 4.69) is 5.32 Å². The fourth-order valence-electron chi connectivity index (χ4n) is 1.05. The molecular weight excluding hydrogens is 260 g/mol. The molecule has 18 heavy (non-hydrogen) atoms. The van der Waals surface area contributed by atoms with E-state index in [1.165, 1.54) is 0 Å². The van der Waals surface area contributed by atoms with Gasteiger partial charge in [0.1, 0.15) is 12.6 Å². The van der Waals surface area contributed by atoms with Gasteiger partial charge >= 0.3 is 12.1 Å². The van der Waals surface area contributed by atoms with Gasteiger partial charge in [0.05, 0.1) is 0 Å². The van der Waals surface area contributed by atoms with Crippen molar-refractivity contribution in [1.82, 2.24) is 5.32 Å². The number of aliphatic carboxylic acids is 1. The zero-order chi connectivity index (χ0) is 12.7. The molecule has 0 bridgehead atoms. The molecule has 0 saturated heterocycles. The summed E-state index contributed by atoms with van der Waals surface area (Å²) in [6.07, 6.45) is -0.689. The topological polar surface area (TPSA) is 102 Å². The highest BCUT2D eigenvalue weighted by molar-refractivity contribution is 5.85. The van der Waals surface area contributed by atoms with Crippen molar-refractivity contribution in [2.75, 3.05) is 6.54 Å². The van der Waals surface area contributed by atoms with Crippen molar-refractivity contribution in [3.8, 4) is 0 Å². The molecule has 1 rings (SSSR count). The van der Waals surface area contributed by atoms with E-state index in [4.69, 9.17) is 15.6 Å². The first kappa shape index (κ1) is 16.2. The van der Waals surface area contributed by atoms with E-state index in [9.17, 15) is 9.59 Å². The summed E-state index contributed by atoms with van der Waals surface area (Å²) in [6, 6.07) is 8.02. The molecule has 1 aromatic carbocycles. The molecule has 1 atom stereocenters. The number of ether oxygens (including phenoxy) is 1. The lowest BCUT2D eigenvalue weighted by molar-refractivity contribution is -0.138. The normalized spacial score (nSPS) is 10.9. The SMILES string of the molecule is Cl.N[C@@H](CNC(=O)OCc1ccccc1)C(=O)O. The van der Waals surface area contributed by atoms with E-state index < -0.39 is 18.1 Å². The molecule has 4 N–H and O–H groups in total. The van der Waals surface area contributed by atoms with Crippen LogP contribution >= 0.6 is 12.4 Å². The van der Waals surface area contributed by atoms with Gasteiger partial charge in [-0.2, -0.15) is 0 Å².